The lowest BCUT2D eigenvalue weighted by Crippen LogP contribution is -2.43. The van der Waals surface area contributed by atoms with Crippen molar-refractivity contribution in [2.45, 2.75) is 45.3 Å². The third kappa shape index (κ3) is 4.87. The Morgan fingerprint density at radius 2 is 2.23 bits per heavy atom. The third-order valence-electron chi connectivity index (χ3n) is 3.63. The molecule has 0 bridgehead atoms. The minimum absolute atomic E-state index is 0.0779. The lowest BCUT2D eigenvalue weighted by molar-refractivity contribution is 0.0514. The quantitative estimate of drug-likeness (QED) is 0.818. The molecular formula is C16H25N3O3. The molecule has 1 fully saturated rings. The first-order chi connectivity index (χ1) is 10.3. The van der Waals surface area contributed by atoms with Crippen molar-refractivity contribution in [1.82, 2.24) is 15.2 Å². The smallest absolute Gasteiger partial charge is 0.407 e. The van der Waals surface area contributed by atoms with Gasteiger partial charge in [-0.1, -0.05) is 0 Å². The highest BCUT2D eigenvalue weighted by molar-refractivity contribution is 5.95. The second-order valence-electron chi connectivity index (χ2n) is 6.66. The topological polar surface area (TPSA) is 74.4 Å². The number of nitrogens with one attached hydrogen (secondary N) is 2. The summed E-state index contributed by atoms with van der Waals surface area (Å²) in [5, 5.41) is 2.80. The number of amides is 1. The molecule has 2 heterocycles. The van der Waals surface area contributed by atoms with Crippen LogP contribution in [0.1, 0.15) is 44.1 Å². The van der Waals surface area contributed by atoms with Crippen LogP contribution in [0.4, 0.5) is 4.79 Å². The van der Waals surface area contributed by atoms with E-state index in [1.807, 2.05) is 26.8 Å². The van der Waals surface area contributed by atoms with Crippen molar-refractivity contribution in [3.8, 4) is 0 Å². The first kappa shape index (κ1) is 16.5. The third-order valence-corrected chi connectivity index (χ3v) is 3.63. The summed E-state index contributed by atoms with van der Waals surface area (Å²) in [5.74, 6) is 0.0779. The number of aromatic nitrogens is 1. The summed E-state index contributed by atoms with van der Waals surface area (Å²) >= 11 is 0. The van der Waals surface area contributed by atoms with Gasteiger partial charge in [0, 0.05) is 18.8 Å². The average Bonchev–Trinajstić information content (AvgIpc) is 3.05. The number of hydrogen-bond acceptors (Lipinski definition) is 4. The second kappa shape index (κ2) is 6.96. The van der Waals surface area contributed by atoms with Crippen molar-refractivity contribution >= 4 is 11.9 Å². The van der Waals surface area contributed by atoms with Crippen molar-refractivity contribution in [2.75, 3.05) is 19.6 Å². The van der Waals surface area contributed by atoms with Crippen LogP contribution in [0.5, 0.6) is 0 Å². The molecule has 0 saturated carbocycles. The van der Waals surface area contributed by atoms with Gasteiger partial charge in [-0.2, -0.15) is 0 Å². The van der Waals surface area contributed by atoms with Gasteiger partial charge in [-0.15, -0.1) is 0 Å². The summed E-state index contributed by atoms with van der Waals surface area (Å²) in [5.41, 5.74) is 0.133. The number of carbonyl (C=O) groups is 2. The highest BCUT2D eigenvalue weighted by atomic mass is 16.6. The summed E-state index contributed by atoms with van der Waals surface area (Å²) in [4.78, 5) is 28.9. The Morgan fingerprint density at radius 3 is 2.86 bits per heavy atom. The molecule has 0 radical (unpaired) electrons. The Balaban J connectivity index is 1.81. The Morgan fingerprint density at radius 1 is 1.45 bits per heavy atom. The van der Waals surface area contributed by atoms with Gasteiger partial charge >= 0.3 is 6.09 Å². The number of likely N-dealkylation sites (tertiary alicyclic amines) is 1. The van der Waals surface area contributed by atoms with E-state index >= 15 is 0 Å². The van der Waals surface area contributed by atoms with Gasteiger partial charge in [0.1, 0.15) is 5.60 Å². The second-order valence-corrected chi connectivity index (χ2v) is 6.66. The highest BCUT2D eigenvalue weighted by Crippen LogP contribution is 2.17. The van der Waals surface area contributed by atoms with Crippen molar-refractivity contribution in [3.63, 3.8) is 0 Å². The Kier molecular flexibility index (Phi) is 5.24. The monoisotopic (exact) mass is 307 g/mol. The molecule has 1 aliphatic heterocycles. The molecule has 0 aliphatic carbocycles. The molecular weight excluding hydrogens is 282 g/mol. The van der Waals surface area contributed by atoms with Crippen LogP contribution in [0, 0.1) is 0 Å². The molecule has 0 spiro atoms. The van der Waals surface area contributed by atoms with Crippen molar-refractivity contribution in [3.05, 3.63) is 24.0 Å². The number of Topliss-reactive ketones (excluding diaryl/α,β-unsaturated/α-hetero) is 1. The fourth-order valence-electron chi connectivity index (χ4n) is 2.62. The van der Waals surface area contributed by atoms with Gasteiger partial charge in [-0.05, 0) is 52.3 Å². The van der Waals surface area contributed by atoms with E-state index in [4.69, 9.17) is 4.74 Å². The standard InChI is InChI=1S/C16H25N3O3/c1-16(2,3)22-15(21)18-10-12-6-5-9-19(12)11-14(20)13-7-4-8-17-13/h4,7-8,12,17H,5-6,9-11H2,1-3H3,(H,18,21)/t12-/m1/s1. The van der Waals surface area contributed by atoms with E-state index in [2.05, 4.69) is 15.2 Å². The maximum atomic E-state index is 12.1. The Hall–Kier alpha value is -1.82. The van der Waals surface area contributed by atoms with Gasteiger partial charge in [-0.3, -0.25) is 9.69 Å². The largest absolute Gasteiger partial charge is 0.444 e. The van der Waals surface area contributed by atoms with Crippen molar-refractivity contribution in [1.29, 1.82) is 0 Å². The maximum absolute atomic E-state index is 12.1. The SMILES string of the molecule is CC(C)(C)OC(=O)NC[C@H]1CCCN1CC(=O)c1ccc[nH]1. The molecule has 0 unspecified atom stereocenters. The molecule has 2 rings (SSSR count). The molecule has 6 heteroatoms. The van der Waals surface area contributed by atoms with E-state index < -0.39 is 11.7 Å². The minimum atomic E-state index is -0.497. The number of alkyl carbamates (subject to hydrolysis) is 1. The Labute approximate surface area is 131 Å². The van der Waals surface area contributed by atoms with Crippen LogP contribution >= 0.6 is 0 Å². The normalized spacial score (nSPS) is 19.1. The summed E-state index contributed by atoms with van der Waals surface area (Å²) in [6.07, 6.45) is 3.36. The van der Waals surface area contributed by atoms with E-state index in [-0.39, 0.29) is 11.8 Å². The van der Waals surface area contributed by atoms with Crippen LogP contribution in [0.15, 0.2) is 18.3 Å². The number of nitrogens with zero attached hydrogens (tertiary/aromatic N) is 1. The molecule has 1 aromatic rings. The number of ether oxygens (including phenoxy) is 1. The van der Waals surface area contributed by atoms with Crippen molar-refractivity contribution in [2.24, 2.45) is 0 Å². The van der Waals surface area contributed by atoms with Crippen molar-refractivity contribution < 1.29 is 14.3 Å². The molecule has 22 heavy (non-hydrogen) atoms. The van der Waals surface area contributed by atoms with Crippen LogP contribution in [-0.4, -0.2) is 53.0 Å². The lowest BCUT2D eigenvalue weighted by Gasteiger charge is -2.25. The average molecular weight is 307 g/mol. The maximum Gasteiger partial charge on any atom is 0.407 e. The van der Waals surface area contributed by atoms with Crippen LogP contribution in [-0.2, 0) is 4.74 Å². The predicted octanol–water partition coefficient (Wildman–Crippen LogP) is 2.19. The molecule has 1 atom stereocenters. The Bertz CT molecular complexity index is 505. The first-order valence-electron chi connectivity index (χ1n) is 7.72. The highest BCUT2D eigenvalue weighted by Gasteiger charge is 2.27. The number of rotatable bonds is 5. The molecule has 6 nitrogen and oxygen atoms in total. The molecule has 2 N–H and O–H groups in total. The van der Waals surface area contributed by atoms with Gasteiger partial charge in [-0.25, -0.2) is 4.79 Å². The zero-order valence-corrected chi connectivity index (χ0v) is 13.5. The molecule has 1 aliphatic rings. The zero-order chi connectivity index (χ0) is 16.2. The van der Waals surface area contributed by atoms with Gasteiger partial charge in [0.15, 0.2) is 5.78 Å². The molecule has 1 aromatic heterocycles. The van der Waals surface area contributed by atoms with Crippen LogP contribution in [0.25, 0.3) is 0 Å². The number of ketones is 1. The van der Waals surface area contributed by atoms with E-state index in [1.165, 1.54) is 0 Å². The fourth-order valence-corrected chi connectivity index (χ4v) is 2.62. The van der Waals surface area contributed by atoms with Crippen LogP contribution < -0.4 is 5.32 Å². The molecule has 1 saturated heterocycles. The molecule has 122 valence electrons. The van der Waals surface area contributed by atoms with Crippen LogP contribution in [0.2, 0.25) is 0 Å². The number of aromatic amines is 1. The lowest BCUT2D eigenvalue weighted by atomic mass is 10.2. The summed E-state index contributed by atoms with van der Waals surface area (Å²) in [6.45, 7) is 7.28. The summed E-state index contributed by atoms with van der Waals surface area (Å²) < 4.78 is 5.23. The predicted molar refractivity (Wildman–Crippen MR) is 84.0 cm³/mol. The van der Waals surface area contributed by atoms with E-state index in [0.29, 0.717) is 18.8 Å². The summed E-state index contributed by atoms with van der Waals surface area (Å²) in [6, 6.07) is 3.79. The summed E-state index contributed by atoms with van der Waals surface area (Å²) in [7, 11) is 0. The van der Waals surface area contributed by atoms with Gasteiger partial charge < -0.3 is 15.0 Å². The van der Waals surface area contributed by atoms with E-state index in [9.17, 15) is 9.59 Å². The van der Waals surface area contributed by atoms with E-state index in [1.54, 1.807) is 12.3 Å². The van der Waals surface area contributed by atoms with Gasteiger partial charge in [0.2, 0.25) is 0 Å². The molecule has 0 aromatic carbocycles. The number of hydrogen-bond donors (Lipinski definition) is 2. The first-order valence-corrected chi connectivity index (χ1v) is 7.72. The molecule has 1 amide bonds. The van der Waals surface area contributed by atoms with E-state index in [0.717, 1.165) is 19.4 Å². The fraction of sp³-hybridized carbons (Fsp3) is 0.625. The minimum Gasteiger partial charge on any atom is -0.444 e. The number of carbonyl (C=O) groups excluding carboxylic acids is 2. The van der Waals surface area contributed by atoms with Gasteiger partial charge in [0.05, 0.1) is 12.2 Å². The van der Waals surface area contributed by atoms with Crippen LogP contribution in [0.3, 0.4) is 0 Å². The van der Waals surface area contributed by atoms with Gasteiger partial charge in [0.25, 0.3) is 0 Å². The number of H-pyrrole nitrogens is 1. The zero-order valence-electron chi connectivity index (χ0n) is 13.5.